The van der Waals surface area contributed by atoms with E-state index in [-0.39, 0.29) is 6.03 Å². The largest absolute Gasteiger partial charge is 0.494 e. The second-order valence-corrected chi connectivity index (χ2v) is 7.86. The third kappa shape index (κ3) is 4.60. The molecule has 0 bridgehead atoms. The maximum Gasteiger partial charge on any atom is 0.494 e. The molecule has 1 aliphatic heterocycles. The van der Waals surface area contributed by atoms with Crippen molar-refractivity contribution in [1.29, 1.82) is 0 Å². The van der Waals surface area contributed by atoms with Gasteiger partial charge in [0.25, 0.3) is 0 Å². The van der Waals surface area contributed by atoms with Crippen molar-refractivity contribution in [3.63, 3.8) is 0 Å². The standard InChI is InChI=1S/C21H25BN2O5/c1-20(2)21(3,4)29-22(28-20)15-8-12-17(13-9-15)24-19(26)23-16-10-6-14(7-11-16)18(25)27-5/h6-13H,1-5H3,(H2,23,24,26). The van der Waals surface area contributed by atoms with Crippen molar-refractivity contribution in [3.8, 4) is 0 Å². The molecule has 2 aromatic carbocycles. The summed E-state index contributed by atoms with van der Waals surface area (Å²) in [6.45, 7) is 8.02. The van der Waals surface area contributed by atoms with Crippen LogP contribution < -0.4 is 16.1 Å². The Kier molecular flexibility index (Phi) is 5.68. The first kappa shape index (κ1) is 20.9. The summed E-state index contributed by atoms with van der Waals surface area (Å²) < 4.78 is 16.7. The fourth-order valence-electron chi connectivity index (χ4n) is 2.80. The third-order valence-corrected chi connectivity index (χ3v) is 5.26. The van der Waals surface area contributed by atoms with Crippen LogP contribution in [-0.4, -0.2) is 37.4 Å². The number of urea groups is 1. The van der Waals surface area contributed by atoms with E-state index in [0.717, 1.165) is 5.46 Å². The molecule has 29 heavy (non-hydrogen) atoms. The van der Waals surface area contributed by atoms with Gasteiger partial charge in [-0.3, -0.25) is 0 Å². The summed E-state index contributed by atoms with van der Waals surface area (Å²) >= 11 is 0. The molecule has 0 saturated carbocycles. The topological polar surface area (TPSA) is 85.9 Å². The Morgan fingerprint density at radius 2 is 1.28 bits per heavy atom. The maximum atomic E-state index is 12.2. The highest BCUT2D eigenvalue weighted by atomic mass is 16.7. The number of amides is 2. The van der Waals surface area contributed by atoms with Crippen molar-refractivity contribution in [1.82, 2.24) is 0 Å². The molecule has 0 radical (unpaired) electrons. The molecule has 1 aliphatic rings. The second kappa shape index (κ2) is 7.89. The summed E-state index contributed by atoms with van der Waals surface area (Å²) in [5.74, 6) is -0.428. The first-order valence-electron chi connectivity index (χ1n) is 9.33. The van der Waals surface area contributed by atoms with Gasteiger partial charge in [0, 0.05) is 11.4 Å². The number of ether oxygens (including phenoxy) is 1. The number of anilines is 2. The number of carbonyl (C=O) groups excluding carboxylic acids is 2. The van der Waals surface area contributed by atoms with E-state index >= 15 is 0 Å². The summed E-state index contributed by atoms with van der Waals surface area (Å²) in [6, 6.07) is 13.4. The first-order chi connectivity index (χ1) is 13.6. The number of nitrogens with one attached hydrogen (secondary N) is 2. The number of benzene rings is 2. The minimum absolute atomic E-state index is 0.390. The average molecular weight is 396 g/mol. The van der Waals surface area contributed by atoms with Crippen LogP contribution in [0.1, 0.15) is 38.1 Å². The zero-order valence-corrected chi connectivity index (χ0v) is 17.2. The summed E-state index contributed by atoms with van der Waals surface area (Å²) in [5, 5.41) is 5.48. The SMILES string of the molecule is COC(=O)c1ccc(NC(=O)Nc2ccc(B3OC(C)(C)C(C)(C)O3)cc2)cc1. The zero-order chi connectivity index (χ0) is 21.2. The lowest BCUT2D eigenvalue weighted by atomic mass is 9.79. The molecule has 2 N–H and O–H groups in total. The fraction of sp³-hybridized carbons (Fsp3) is 0.333. The molecule has 3 rings (SSSR count). The van der Waals surface area contributed by atoms with Crippen molar-refractivity contribution in [2.24, 2.45) is 0 Å². The lowest BCUT2D eigenvalue weighted by Crippen LogP contribution is -2.41. The van der Waals surface area contributed by atoms with Gasteiger partial charge in [-0.15, -0.1) is 0 Å². The van der Waals surface area contributed by atoms with E-state index in [4.69, 9.17) is 9.31 Å². The van der Waals surface area contributed by atoms with Crippen LogP contribution in [0.25, 0.3) is 0 Å². The van der Waals surface area contributed by atoms with Crippen LogP contribution in [0, 0.1) is 0 Å². The van der Waals surface area contributed by atoms with Crippen molar-refractivity contribution in [3.05, 3.63) is 54.1 Å². The first-order valence-corrected chi connectivity index (χ1v) is 9.33. The summed E-state index contributed by atoms with van der Waals surface area (Å²) in [7, 11) is 0.871. The van der Waals surface area contributed by atoms with Crippen LogP contribution in [0.2, 0.25) is 0 Å². The number of esters is 1. The van der Waals surface area contributed by atoms with Crippen LogP contribution in [0.4, 0.5) is 16.2 Å². The molecule has 0 atom stereocenters. The molecule has 8 heteroatoms. The molecule has 1 heterocycles. The van der Waals surface area contributed by atoms with Gasteiger partial charge in [0.05, 0.1) is 23.9 Å². The minimum atomic E-state index is -0.448. The highest BCUT2D eigenvalue weighted by molar-refractivity contribution is 6.62. The molecule has 2 amide bonds. The van der Waals surface area contributed by atoms with Gasteiger partial charge in [0.1, 0.15) is 0 Å². The summed E-state index contributed by atoms with van der Waals surface area (Å²) in [6.07, 6.45) is 0. The molecule has 0 spiro atoms. The van der Waals surface area contributed by atoms with Crippen LogP contribution in [0.5, 0.6) is 0 Å². The lowest BCUT2D eigenvalue weighted by Gasteiger charge is -2.32. The molecular formula is C21H25BN2O5. The highest BCUT2D eigenvalue weighted by Gasteiger charge is 2.51. The number of hydrogen-bond donors (Lipinski definition) is 2. The summed E-state index contributed by atoms with van der Waals surface area (Å²) in [5.41, 5.74) is 1.68. The van der Waals surface area contributed by atoms with Gasteiger partial charge in [-0.25, -0.2) is 9.59 Å². The number of carbonyl (C=O) groups is 2. The number of methoxy groups -OCH3 is 1. The predicted molar refractivity (Wildman–Crippen MR) is 113 cm³/mol. The maximum absolute atomic E-state index is 12.2. The molecule has 1 fully saturated rings. The van der Waals surface area contributed by atoms with Crippen molar-refractivity contribution in [2.45, 2.75) is 38.9 Å². The summed E-state index contributed by atoms with van der Waals surface area (Å²) in [4.78, 5) is 23.6. The normalized spacial score (nSPS) is 16.9. The Morgan fingerprint density at radius 3 is 1.72 bits per heavy atom. The quantitative estimate of drug-likeness (QED) is 0.611. The number of hydrogen-bond acceptors (Lipinski definition) is 5. The van der Waals surface area contributed by atoms with E-state index in [1.54, 1.807) is 36.4 Å². The molecule has 2 aromatic rings. The van der Waals surface area contributed by atoms with E-state index in [1.165, 1.54) is 7.11 Å². The van der Waals surface area contributed by atoms with Crippen LogP contribution in [0.15, 0.2) is 48.5 Å². The minimum Gasteiger partial charge on any atom is -0.465 e. The van der Waals surface area contributed by atoms with Gasteiger partial charge in [0.2, 0.25) is 0 Å². The highest BCUT2D eigenvalue weighted by Crippen LogP contribution is 2.36. The zero-order valence-electron chi connectivity index (χ0n) is 17.2. The van der Waals surface area contributed by atoms with Crippen LogP contribution >= 0.6 is 0 Å². The molecule has 152 valence electrons. The average Bonchev–Trinajstić information content (AvgIpc) is 2.89. The molecule has 1 saturated heterocycles. The van der Waals surface area contributed by atoms with Gasteiger partial charge in [0.15, 0.2) is 0 Å². The van der Waals surface area contributed by atoms with Crippen LogP contribution in [0.3, 0.4) is 0 Å². The molecule has 7 nitrogen and oxygen atoms in total. The van der Waals surface area contributed by atoms with Gasteiger partial charge in [-0.2, -0.15) is 0 Å². The predicted octanol–water partition coefficient (Wildman–Crippen LogP) is 3.42. The van der Waals surface area contributed by atoms with Crippen molar-refractivity contribution < 1.29 is 23.6 Å². The van der Waals surface area contributed by atoms with Gasteiger partial charge < -0.3 is 24.7 Å². The van der Waals surface area contributed by atoms with Gasteiger partial charge >= 0.3 is 19.1 Å². The van der Waals surface area contributed by atoms with Crippen LogP contribution in [-0.2, 0) is 14.0 Å². The Bertz CT molecular complexity index is 878. The fourth-order valence-corrected chi connectivity index (χ4v) is 2.80. The second-order valence-electron chi connectivity index (χ2n) is 7.86. The Hall–Kier alpha value is -2.84. The Morgan fingerprint density at radius 1 is 0.828 bits per heavy atom. The van der Waals surface area contributed by atoms with E-state index in [9.17, 15) is 9.59 Å². The number of rotatable bonds is 4. The van der Waals surface area contributed by atoms with Crippen molar-refractivity contribution >= 4 is 36.0 Å². The Balaban J connectivity index is 1.58. The molecule has 0 aromatic heterocycles. The van der Waals surface area contributed by atoms with Crippen molar-refractivity contribution in [2.75, 3.05) is 17.7 Å². The van der Waals surface area contributed by atoms with Gasteiger partial charge in [-0.1, -0.05) is 12.1 Å². The van der Waals surface area contributed by atoms with E-state index in [1.807, 2.05) is 39.8 Å². The Labute approximate surface area is 170 Å². The molecule has 0 aliphatic carbocycles. The molecule has 0 unspecified atom stereocenters. The van der Waals surface area contributed by atoms with E-state index < -0.39 is 24.3 Å². The van der Waals surface area contributed by atoms with E-state index in [2.05, 4.69) is 15.4 Å². The smallest absolute Gasteiger partial charge is 0.465 e. The van der Waals surface area contributed by atoms with Gasteiger partial charge in [-0.05, 0) is 69.6 Å². The molecular weight excluding hydrogens is 371 g/mol. The third-order valence-electron chi connectivity index (χ3n) is 5.26. The lowest BCUT2D eigenvalue weighted by molar-refractivity contribution is 0.00578. The monoisotopic (exact) mass is 396 g/mol. The van der Waals surface area contributed by atoms with E-state index in [0.29, 0.717) is 16.9 Å².